The molecule has 4 rings (SSSR count). The SMILES string of the molecule is CC(Nc1ccnc2c(F)cc(F)cc12)c1ccc(NC(=O)c2ccncc2)cc1. The van der Waals surface area contributed by atoms with E-state index in [-0.39, 0.29) is 17.5 Å². The van der Waals surface area contributed by atoms with Crippen molar-refractivity contribution in [3.8, 4) is 0 Å². The van der Waals surface area contributed by atoms with Crippen molar-refractivity contribution < 1.29 is 13.6 Å². The maximum atomic E-state index is 14.0. The van der Waals surface area contributed by atoms with Gasteiger partial charge in [-0.1, -0.05) is 12.1 Å². The van der Waals surface area contributed by atoms with Gasteiger partial charge in [-0.2, -0.15) is 0 Å². The summed E-state index contributed by atoms with van der Waals surface area (Å²) in [5, 5.41) is 6.48. The van der Waals surface area contributed by atoms with E-state index in [2.05, 4.69) is 20.6 Å². The molecular formula is C23H18F2N4O. The third kappa shape index (κ3) is 4.10. The van der Waals surface area contributed by atoms with Crippen molar-refractivity contribution in [3.63, 3.8) is 0 Å². The fourth-order valence-electron chi connectivity index (χ4n) is 3.18. The largest absolute Gasteiger partial charge is 0.378 e. The summed E-state index contributed by atoms with van der Waals surface area (Å²) >= 11 is 0. The lowest BCUT2D eigenvalue weighted by atomic mass is 10.1. The Hall–Kier alpha value is -3.87. The van der Waals surface area contributed by atoms with Crippen LogP contribution in [0.25, 0.3) is 10.9 Å². The molecule has 0 saturated heterocycles. The van der Waals surface area contributed by atoms with Gasteiger partial charge in [0.1, 0.15) is 11.3 Å². The summed E-state index contributed by atoms with van der Waals surface area (Å²) in [6.45, 7) is 1.94. The molecule has 0 spiro atoms. The minimum absolute atomic E-state index is 0.114. The molecule has 0 radical (unpaired) electrons. The number of anilines is 2. The molecule has 1 unspecified atom stereocenters. The van der Waals surface area contributed by atoms with Crippen LogP contribution < -0.4 is 10.6 Å². The van der Waals surface area contributed by atoms with Gasteiger partial charge < -0.3 is 10.6 Å². The van der Waals surface area contributed by atoms with Crippen molar-refractivity contribution >= 4 is 28.2 Å². The van der Waals surface area contributed by atoms with Crippen molar-refractivity contribution in [2.75, 3.05) is 10.6 Å². The van der Waals surface area contributed by atoms with Crippen LogP contribution in [-0.2, 0) is 0 Å². The zero-order chi connectivity index (χ0) is 21.1. The van der Waals surface area contributed by atoms with Gasteiger partial charge in [-0.15, -0.1) is 0 Å². The van der Waals surface area contributed by atoms with Crippen LogP contribution in [0, 0.1) is 11.6 Å². The van der Waals surface area contributed by atoms with Crippen molar-refractivity contribution in [2.24, 2.45) is 0 Å². The molecule has 7 heteroatoms. The zero-order valence-corrected chi connectivity index (χ0v) is 16.1. The van der Waals surface area contributed by atoms with Crippen molar-refractivity contribution in [2.45, 2.75) is 13.0 Å². The maximum absolute atomic E-state index is 14.0. The van der Waals surface area contributed by atoms with Crippen LogP contribution in [0.5, 0.6) is 0 Å². The second-order valence-corrected chi connectivity index (χ2v) is 6.82. The molecule has 2 N–H and O–H groups in total. The van der Waals surface area contributed by atoms with E-state index in [0.717, 1.165) is 11.6 Å². The summed E-state index contributed by atoms with van der Waals surface area (Å²) in [5.41, 5.74) is 2.82. The van der Waals surface area contributed by atoms with E-state index in [4.69, 9.17) is 0 Å². The third-order valence-electron chi connectivity index (χ3n) is 4.75. The fourth-order valence-corrected chi connectivity index (χ4v) is 3.18. The summed E-state index contributed by atoms with van der Waals surface area (Å²) in [6, 6.07) is 14.3. The standard InChI is InChI=1S/C23H18F2N4O/c1-14(28-21-8-11-27-22-19(21)12-17(24)13-20(22)25)15-2-4-18(5-3-15)29-23(30)16-6-9-26-10-7-16/h2-14H,1H3,(H,27,28)(H,29,30). The first-order valence-corrected chi connectivity index (χ1v) is 9.33. The number of pyridine rings is 2. The molecule has 0 aliphatic carbocycles. The number of rotatable bonds is 5. The highest BCUT2D eigenvalue weighted by Crippen LogP contribution is 2.28. The molecular weight excluding hydrogens is 386 g/mol. The molecule has 0 fully saturated rings. The number of halogens is 2. The van der Waals surface area contributed by atoms with Crippen molar-refractivity contribution in [3.05, 3.63) is 95.9 Å². The molecule has 0 bridgehead atoms. The molecule has 2 aromatic heterocycles. The van der Waals surface area contributed by atoms with Gasteiger partial charge in [0, 0.05) is 53.0 Å². The average Bonchev–Trinajstić information content (AvgIpc) is 2.75. The fraction of sp³-hybridized carbons (Fsp3) is 0.0870. The van der Waals surface area contributed by atoms with E-state index < -0.39 is 11.6 Å². The molecule has 0 aliphatic heterocycles. The minimum Gasteiger partial charge on any atom is -0.378 e. The van der Waals surface area contributed by atoms with Gasteiger partial charge in [-0.05, 0) is 48.9 Å². The highest BCUT2D eigenvalue weighted by Gasteiger charge is 2.12. The molecule has 1 atom stereocenters. The Balaban J connectivity index is 1.50. The number of hydrogen-bond donors (Lipinski definition) is 2. The highest BCUT2D eigenvalue weighted by molar-refractivity contribution is 6.04. The molecule has 30 heavy (non-hydrogen) atoms. The Morgan fingerprint density at radius 1 is 0.967 bits per heavy atom. The lowest BCUT2D eigenvalue weighted by Crippen LogP contribution is -2.12. The average molecular weight is 404 g/mol. The van der Waals surface area contributed by atoms with Crippen LogP contribution in [0.2, 0.25) is 0 Å². The van der Waals surface area contributed by atoms with Gasteiger partial charge in [-0.25, -0.2) is 8.78 Å². The molecule has 2 heterocycles. The van der Waals surface area contributed by atoms with Crippen LogP contribution in [0.1, 0.15) is 28.9 Å². The van der Waals surface area contributed by atoms with E-state index in [0.29, 0.717) is 22.3 Å². The summed E-state index contributed by atoms with van der Waals surface area (Å²) in [6.07, 6.45) is 4.61. The number of amides is 1. The summed E-state index contributed by atoms with van der Waals surface area (Å²) in [7, 11) is 0. The second kappa shape index (κ2) is 8.24. The molecule has 4 aromatic rings. The lowest BCUT2D eigenvalue weighted by Gasteiger charge is -2.18. The third-order valence-corrected chi connectivity index (χ3v) is 4.75. The Morgan fingerprint density at radius 2 is 1.70 bits per heavy atom. The smallest absolute Gasteiger partial charge is 0.255 e. The molecule has 5 nitrogen and oxygen atoms in total. The normalized spacial score (nSPS) is 11.8. The quantitative estimate of drug-likeness (QED) is 0.472. The van der Waals surface area contributed by atoms with Gasteiger partial charge in [0.15, 0.2) is 5.82 Å². The number of carbonyl (C=O) groups is 1. The first-order chi connectivity index (χ1) is 14.5. The van der Waals surface area contributed by atoms with E-state index in [1.807, 2.05) is 19.1 Å². The van der Waals surface area contributed by atoms with E-state index in [1.54, 1.807) is 42.7 Å². The number of benzene rings is 2. The number of aromatic nitrogens is 2. The maximum Gasteiger partial charge on any atom is 0.255 e. The van der Waals surface area contributed by atoms with Gasteiger partial charge in [0.2, 0.25) is 0 Å². The number of hydrogen-bond acceptors (Lipinski definition) is 4. The highest BCUT2D eigenvalue weighted by atomic mass is 19.1. The Kier molecular flexibility index (Phi) is 5.34. The van der Waals surface area contributed by atoms with Crippen molar-refractivity contribution in [1.82, 2.24) is 9.97 Å². The zero-order valence-electron chi connectivity index (χ0n) is 16.1. The first kappa shape index (κ1) is 19.4. The van der Waals surface area contributed by atoms with Crippen LogP contribution in [0.3, 0.4) is 0 Å². The molecule has 150 valence electrons. The van der Waals surface area contributed by atoms with E-state index in [9.17, 15) is 13.6 Å². The van der Waals surface area contributed by atoms with E-state index in [1.165, 1.54) is 12.3 Å². The van der Waals surface area contributed by atoms with Crippen LogP contribution in [0.15, 0.2) is 73.2 Å². The summed E-state index contributed by atoms with van der Waals surface area (Å²) in [5.74, 6) is -1.57. The van der Waals surface area contributed by atoms with Gasteiger partial charge in [-0.3, -0.25) is 14.8 Å². The van der Waals surface area contributed by atoms with Gasteiger partial charge >= 0.3 is 0 Å². The minimum atomic E-state index is -0.699. The first-order valence-electron chi connectivity index (χ1n) is 9.33. The monoisotopic (exact) mass is 404 g/mol. The molecule has 2 aromatic carbocycles. The lowest BCUT2D eigenvalue weighted by molar-refractivity contribution is 0.102. The van der Waals surface area contributed by atoms with Gasteiger partial charge in [0.25, 0.3) is 5.91 Å². The Bertz CT molecular complexity index is 1200. The Morgan fingerprint density at radius 3 is 2.43 bits per heavy atom. The van der Waals surface area contributed by atoms with Gasteiger partial charge in [0.05, 0.1) is 0 Å². The summed E-state index contributed by atoms with van der Waals surface area (Å²) < 4.78 is 27.7. The Labute approximate surface area is 171 Å². The number of nitrogens with zero attached hydrogens (tertiary/aromatic N) is 2. The topological polar surface area (TPSA) is 66.9 Å². The van der Waals surface area contributed by atoms with Crippen LogP contribution in [-0.4, -0.2) is 15.9 Å². The van der Waals surface area contributed by atoms with E-state index >= 15 is 0 Å². The number of nitrogens with one attached hydrogen (secondary N) is 2. The molecule has 1 amide bonds. The number of carbonyl (C=O) groups excluding carboxylic acids is 1. The summed E-state index contributed by atoms with van der Waals surface area (Å²) in [4.78, 5) is 20.1. The van der Waals surface area contributed by atoms with Crippen molar-refractivity contribution in [1.29, 1.82) is 0 Å². The molecule has 0 aliphatic rings. The number of fused-ring (bicyclic) bond motifs is 1. The van der Waals surface area contributed by atoms with Crippen LogP contribution >= 0.6 is 0 Å². The predicted octanol–water partition coefficient (Wildman–Crippen LogP) is 5.33. The molecule has 0 saturated carbocycles. The van der Waals surface area contributed by atoms with Crippen LogP contribution in [0.4, 0.5) is 20.2 Å². The predicted molar refractivity (Wildman–Crippen MR) is 112 cm³/mol. The second-order valence-electron chi connectivity index (χ2n) is 6.82.